The van der Waals surface area contributed by atoms with Crippen molar-refractivity contribution in [3.8, 4) is 5.75 Å². The van der Waals surface area contributed by atoms with Gasteiger partial charge < -0.3 is 9.84 Å². The van der Waals surface area contributed by atoms with Crippen LogP contribution in [0.4, 0.5) is 0 Å². The molecule has 0 aromatic heterocycles. The molecule has 1 aliphatic rings. The van der Waals surface area contributed by atoms with Crippen molar-refractivity contribution in [1.29, 1.82) is 0 Å². The molecule has 0 spiro atoms. The molecule has 0 aliphatic heterocycles. The number of hydrogen-bond acceptors (Lipinski definition) is 2. The van der Waals surface area contributed by atoms with Gasteiger partial charge in [-0.3, -0.25) is 0 Å². The Hall–Kier alpha value is -0.730. The van der Waals surface area contributed by atoms with Gasteiger partial charge in [0.2, 0.25) is 0 Å². The van der Waals surface area contributed by atoms with E-state index in [-0.39, 0.29) is 5.38 Å². The van der Waals surface area contributed by atoms with Gasteiger partial charge in [-0.2, -0.15) is 0 Å². The average Bonchev–Trinajstić information content (AvgIpc) is 2.23. The Labute approximate surface area is 88.5 Å². The molecule has 1 N–H and O–H groups in total. The summed E-state index contributed by atoms with van der Waals surface area (Å²) in [5.41, 5.74) is 2.22. The summed E-state index contributed by atoms with van der Waals surface area (Å²) in [4.78, 5) is 0. The summed E-state index contributed by atoms with van der Waals surface area (Å²) in [6.07, 6.45) is 1.18. The maximum absolute atomic E-state index is 9.59. The van der Waals surface area contributed by atoms with E-state index in [1.54, 1.807) is 7.11 Å². The summed E-state index contributed by atoms with van der Waals surface area (Å²) in [6, 6.07) is 5.82. The molecule has 0 amide bonds. The highest BCUT2D eigenvalue weighted by atomic mass is 35.5. The van der Waals surface area contributed by atoms with Crippen LogP contribution < -0.4 is 4.74 Å². The van der Waals surface area contributed by atoms with Crippen molar-refractivity contribution in [3.63, 3.8) is 0 Å². The average molecular weight is 213 g/mol. The van der Waals surface area contributed by atoms with Gasteiger partial charge in [-0.25, -0.2) is 0 Å². The number of methoxy groups -OCH3 is 1. The number of halogens is 1. The highest BCUT2D eigenvalue weighted by Gasteiger charge is 2.26. The van der Waals surface area contributed by atoms with E-state index < -0.39 is 6.10 Å². The summed E-state index contributed by atoms with van der Waals surface area (Å²) in [7, 11) is 1.65. The van der Waals surface area contributed by atoms with Crippen molar-refractivity contribution in [1.82, 2.24) is 0 Å². The van der Waals surface area contributed by atoms with Crippen LogP contribution in [0.2, 0.25) is 0 Å². The van der Waals surface area contributed by atoms with Crippen molar-refractivity contribution in [2.45, 2.75) is 24.3 Å². The summed E-state index contributed by atoms with van der Waals surface area (Å²) in [5.74, 6) is 0.851. The van der Waals surface area contributed by atoms with E-state index in [2.05, 4.69) is 0 Å². The zero-order valence-electron chi connectivity index (χ0n) is 8.03. The molecule has 0 unspecified atom stereocenters. The molecule has 0 saturated heterocycles. The Morgan fingerprint density at radius 3 is 3.00 bits per heavy atom. The van der Waals surface area contributed by atoms with Crippen molar-refractivity contribution < 1.29 is 9.84 Å². The molecule has 3 heteroatoms. The molecule has 0 saturated carbocycles. The molecule has 76 valence electrons. The summed E-state index contributed by atoms with van der Waals surface area (Å²) < 4.78 is 5.14. The number of aliphatic hydroxyl groups excluding tert-OH is 1. The zero-order chi connectivity index (χ0) is 10.1. The number of fused-ring (bicyclic) bond motifs is 1. The minimum atomic E-state index is -0.419. The summed E-state index contributed by atoms with van der Waals surface area (Å²) >= 11 is 6.10. The standard InChI is InChI=1S/C11H13ClO2/c1-14-8-3-4-9-7(6-8)2-5-10(13)11(9)12/h3-4,6,10-11,13H,2,5H2,1H3/t10-,11-/m0/s1. The number of hydrogen-bond donors (Lipinski definition) is 1. The Kier molecular flexibility index (Phi) is 2.66. The Balaban J connectivity index is 2.38. The van der Waals surface area contributed by atoms with E-state index in [1.807, 2.05) is 18.2 Å². The van der Waals surface area contributed by atoms with E-state index in [0.29, 0.717) is 0 Å². The lowest BCUT2D eigenvalue weighted by molar-refractivity contribution is 0.153. The maximum Gasteiger partial charge on any atom is 0.119 e. The number of rotatable bonds is 1. The molecule has 0 heterocycles. The largest absolute Gasteiger partial charge is 0.497 e. The number of aryl methyl sites for hydroxylation is 1. The Bertz CT molecular complexity index is 338. The molecule has 2 rings (SSSR count). The van der Waals surface area contributed by atoms with Gasteiger partial charge >= 0.3 is 0 Å². The van der Waals surface area contributed by atoms with Crippen LogP contribution in [0.25, 0.3) is 0 Å². The van der Waals surface area contributed by atoms with E-state index in [9.17, 15) is 5.11 Å². The first-order valence-corrected chi connectivity index (χ1v) is 5.15. The highest BCUT2D eigenvalue weighted by molar-refractivity contribution is 6.21. The lowest BCUT2D eigenvalue weighted by Crippen LogP contribution is -2.21. The van der Waals surface area contributed by atoms with Gasteiger partial charge in [-0.15, -0.1) is 11.6 Å². The molecule has 0 bridgehead atoms. The Morgan fingerprint density at radius 1 is 1.50 bits per heavy atom. The summed E-state index contributed by atoms with van der Waals surface area (Å²) in [5, 5.41) is 9.31. The van der Waals surface area contributed by atoms with Crippen LogP contribution in [0.5, 0.6) is 5.75 Å². The topological polar surface area (TPSA) is 29.5 Å². The third-order valence-corrected chi connectivity index (χ3v) is 3.22. The Morgan fingerprint density at radius 2 is 2.29 bits per heavy atom. The van der Waals surface area contributed by atoms with Gasteiger partial charge in [0.25, 0.3) is 0 Å². The number of ether oxygens (including phenoxy) is 1. The predicted molar refractivity (Wildman–Crippen MR) is 55.9 cm³/mol. The molecule has 1 aromatic rings. The van der Waals surface area contributed by atoms with Crippen LogP contribution in [0.3, 0.4) is 0 Å². The van der Waals surface area contributed by atoms with E-state index in [4.69, 9.17) is 16.3 Å². The number of benzene rings is 1. The third kappa shape index (κ3) is 1.60. The molecule has 2 nitrogen and oxygen atoms in total. The molecule has 1 aliphatic carbocycles. The van der Waals surface area contributed by atoms with Gasteiger partial charge in [-0.05, 0) is 36.1 Å². The van der Waals surface area contributed by atoms with E-state index >= 15 is 0 Å². The minimum absolute atomic E-state index is 0.273. The van der Waals surface area contributed by atoms with E-state index in [0.717, 1.165) is 24.2 Å². The SMILES string of the molecule is COc1ccc2c(c1)CC[C@H](O)[C@H]2Cl. The molecule has 2 atom stereocenters. The predicted octanol–water partition coefficient (Wildman–Crippen LogP) is 2.28. The normalized spacial score (nSPS) is 25.6. The van der Waals surface area contributed by atoms with Gasteiger partial charge in [0, 0.05) is 0 Å². The first kappa shape index (κ1) is 9.81. The van der Waals surface area contributed by atoms with Crippen LogP contribution in [-0.2, 0) is 6.42 Å². The van der Waals surface area contributed by atoms with Gasteiger partial charge in [0.1, 0.15) is 5.75 Å². The summed E-state index contributed by atoms with van der Waals surface area (Å²) in [6.45, 7) is 0. The van der Waals surface area contributed by atoms with Gasteiger partial charge in [0.15, 0.2) is 0 Å². The molecule has 0 fully saturated rings. The maximum atomic E-state index is 9.59. The minimum Gasteiger partial charge on any atom is -0.497 e. The smallest absolute Gasteiger partial charge is 0.119 e. The van der Waals surface area contributed by atoms with Crippen molar-refractivity contribution in [2.24, 2.45) is 0 Å². The first-order valence-electron chi connectivity index (χ1n) is 4.71. The third-order valence-electron chi connectivity index (χ3n) is 2.69. The fourth-order valence-corrected chi connectivity index (χ4v) is 2.19. The number of alkyl halides is 1. The molecular weight excluding hydrogens is 200 g/mol. The molecule has 0 radical (unpaired) electrons. The van der Waals surface area contributed by atoms with E-state index in [1.165, 1.54) is 5.56 Å². The second-order valence-electron chi connectivity index (χ2n) is 3.57. The lowest BCUT2D eigenvalue weighted by Gasteiger charge is -2.26. The highest BCUT2D eigenvalue weighted by Crippen LogP contribution is 2.36. The van der Waals surface area contributed by atoms with Crippen molar-refractivity contribution >= 4 is 11.6 Å². The van der Waals surface area contributed by atoms with Crippen LogP contribution in [0, 0.1) is 0 Å². The molecular formula is C11H13ClO2. The molecule has 1 aromatic carbocycles. The quantitative estimate of drug-likeness (QED) is 0.724. The fraction of sp³-hybridized carbons (Fsp3) is 0.455. The van der Waals surface area contributed by atoms with Crippen LogP contribution >= 0.6 is 11.6 Å². The fourth-order valence-electron chi connectivity index (χ4n) is 1.85. The number of aliphatic hydroxyl groups is 1. The van der Waals surface area contributed by atoms with Crippen LogP contribution in [0.15, 0.2) is 18.2 Å². The second-order valence-corrected chi connectivity index (χ2v) is 4.04. The lowest BCUT2D eigenvalue weighted by atomic mass is 9.89. The van der Waals surface area contributed by atoms with Crippen molar-refractivity contribution in [2.75, 3.05) is 7.11 Å². The first-order chi connectivity index (χ1) is 6.72. The van der Waals surface area contributed by atoms with Crippen LogP contribution in [0.1, 0.15) is 22.9 Å². The molecule has 14 heavy (non-hydrogen) atoms. The van der Waals surface area contributed by atoms with Crippen LogP contribution in [-0.4, -0.2) is 18.3 Å². The van der Waals surface area contributed by atoms with Crippen molar-refractivity contribution in [3.05, 3.63) is 29.3 Å². The van der Waals surface area contributed by atoms with Gasteiger partial charge in [0.05, 0.1) is 18.6 Å². The van der Waals surface area contributed by atoms with Gasteiger partial charge in [-0.1, -0.05) is 6.07 Å². The monoisotopic (exact) mass is 212 g/mol. The second kappa shape index (κ2) is 3.79. The zero-order valence-corrected chi connectivity index (χ0v) is 8.79.